The van der Waals surface area contributed by atoms with Gasteiger partial charge < -0.3 is 5.32 Å². The molecule has 1 aliphatic carbocycles. The average Bonchev–Trinajstić information content (AvgIpc) is 2.36. The molecule has 0 spiro atoms. The van der Waals surface area contributed by atoms with Crippen LogP contribution in [0.5, 0.6) is 0 Å². The molecule has 1 N–H and O–H groups in total. The molecule has 1 aromatic rings. The third-order valence-corrected chi connectivity index (χ3v) is 5.07. The lowest BCUT2D eigenvalue weighted by molar-refractivity contribution is 0.0837. The van der Waals surface area contributed by atoms with Gasteiger partial charge in [-0.3, -0.25) is 4.90 Å². The Balaban J connectivity index is 1.81. The Morgan fingerprint density at radius 2 is 1.78 bits per heavy atom. The molecule has 3 rings (SSSR count). The average molecular weight is 356 g/mol. The van der Waals surface area contributed by atoms with Crippen LogP contribution >= 0.6 is 22.6 Å². The second-order valence-electron chi connectivity index (χ2n) is 5.47. The predicted molar refractivity (Wildman–Crippen MR) is 83.7 cm³/mol. The number of nitrogens with one attached hydrogen (secondary N) is 1. The molecule has 0 aromatic heterocycles. The molecular weight excluding hydrogens is 335 g/mol. The van der Waals surface area contributed by atoms with E-state index in [-0.39, 0.29) is 0 Å². The van der Waals surface area contributed by atoms with Gasteiger partial charge in [-0.25, -0.2) is 0 Å². The summed E-state index contributed by atoms with van der Waals surface area (Å²) in [6.07, 6.45) is 4.26. The van der Waals surface area contributed by atoms with Gasteiger partial charge in [0.05, 0.1) is 0 Å². The zero-order chi connectivity index (χ0) is 12.4. The first-order chi connectivity index (χ1) is 8.84. The minimum Gasteiger partial charge on any atom is -0.314 e. The van der Waals surface area contributed by atoms with Gasteiger partial charge in [0, 0.05) is 35.8 Å². The zero-order valence-electron chi connectivity index (χ0n) is 10.7. The number of hydrogen-bond acceptors (Lipinski definition) is 2. The van der Waals surface area contributed by atoms with Crippen molar-refractivity contribution >= 4 is 22.6 Å². The molecule has 0 radical (unpaired) electrons. The maximum Gasteiger partial charge on any atom is 0.0377 e. The summed E-state index contributed by atoms with van der Waals surface area (Å²) in [4.78, 5) is 2.70. The van der Waals surface area contributed by atoms with Crippen LogP contribution in [-0.2, 0) is 0 Å². The molecule has 3 heteroatoms. The highest BCUT2D eigenvalue weighted by Crippen LogP contribution is 2.41. The van der Waals surface area contributed by atoms with Gasteiger partial charge in [0.1, 0.15) is 0 Å². The van der Waals surface area contributed by atoms with Crippen molar-refractivity contribution in [2.45, 2.75) is 25.3 Å². The largest absolute Gasteiger partial charge is 0.314 e. The van der Waals surface area contributed by atoms with Gasteiger partial charge in [-0.15, -0.1) is 0 Å². The van der Waals surface area contributed by atoms with E-state index in [1.807, 2.05) is 0 Å². The molecule has 1 atom stereocenters. The van der Waals surface area contributed by atoms with E-state index in [1.54, 1.807) is 0 Å². The summed E-state index contributed by atoms with van der Waals surface area (Å²) >= 11 is 2.39. The number of piperazine rings is 1. The number of halogens is 1. The SMILES string of the molecule is Ic1ccc([C@H](C2CCC2)N2CCNCC2)cc1. The third-order valence-electron chi connectivity index (χ3n) is 4.35. The van der Waals surface area contributed by atoms with Crippen LogP contribution in [0.3, 0.4) is 0 Å². The normalized spacial score (nSPS) is 23.6. The standard InChI is InChI=1S/C15H21IN2/c16-14-6-4-13(5-7-14)15(12-2-1-3-12)18-10-8-17-9-11-18/h4-7,12,15,17H,1-3,8-11H2/t15-/m0/s1. The van der Waals surface area contributed by atoms with Crippen LogP contribution in [0.25, 0.3) is 0 Å². The molecule has 1 saturated heterocycles. The number of rotatable bonds is 3. The van der Waals surface area contributed by atoms with E-state index in [1.165, 1.54) is 41.5 Å². The van der Waals surface area contributed by atoms with Gasteiger partial charge in [-0.05, 0) is 59.0 Å². The summed E-state index contributed by atoms with van der Waals surface area (Å²) in [5.41, 5.74) is 1.53. The van der Waals surface area contributed by atoms with Crippen LogP contribution in [0.15, 0.2) is 24.3 Å². The molecule has 1 saturated carbocycles. The number of benzene rings is 1. The second kappa shape index (κ2) is 5.88. The molecule has 1 heterocycles. The first-order valence-electron chi connectivity index (χ1n) is 7.05. The van der Waals surface area contributed by atoms with Gasteiger partial charge in [-0.2, -0.15) is 0 Å². The topological polar surface area (TPSA) is 15.3 Å². The van der Waals surface area contributed by atoms with Crippen LogP contribution in [0.2, 0.25) is 0 Å². The van der Waals surface area contributed by atoms with Gasteiger partial charge in [0.25, 0.3) is 0 Å². The molecule has 0 amide bonds. The zero-order valence-corrected chi connectivity index (χ0v) is 12.9. The van der Waals surface area contributed by atoms with Crippen LogP contribution in [0.1, 0.15) is 30.9 Å². The molecule has 1 aliphatic heterocycles. The van der Waals surface area contributed by atoms with Crippen LogP contribution in [-0.4, -0.2) is 31.1 Å². The Morgan fingerprint density at radius 3 is 2.33 bits per heavy atom. The number of nitrogens with zero attached hydrogens (tertiary/aromatic N) is 1. The lowest BCUT2D eigenvalue weighted by Gasteiger charge is -2.43. The first kappa shape index (κ1) is 12.9. The molecule has 2 nitrogen and oxygen atoms in total. The quantitative estimate of drug-likeness (QED) is 0.838. The van der Waals surface area contributed by atoms with Gasteiger partial charge in [0.15, 0.2) is 0 Å². The Bertz CT molecular complexity index is 380. The fourth-order valence-corrected chi connectivity index (χ4v) is 3.52. The first-order valence-corrected chi connectivity index (χ1v) is 8.13. The predicted octanol–water partition coefficient (Wildman–Crippen LogP) is 3.04. The van der Waals surface area contributed by atoms with Crippen molar-refractivity contribution in [3.8, 4) is 0 Å². The summed E-state index contributed by atoms with van der Waals surface area (Å²) < 4.78 is 1.34. The highest BCUT2D eigenvalue weighted by Gasteiger charge is 2.33. The summed E-state index contributed by atoms with van der Waals surface area (Å²) in [6, 6.07) is 9.85. The second-order valence-corrected chi connectivity index (χ2v) is 6.72. The van der Waals surface area contributed by atoms with Crippen molar-refractivity contribution in [3.05, 3.63) is 33.4 Å². The van der Waals surface area contributed by atoms with Crippen LogP contribution in [0.4, 0.5) is 0 Å². The van der Waals surface area contributed by atoms with Crippen molar-refractivity contribution in [2.75, 3.05) is 26.2 Å². The van der Waals surface area contributed by atoms with Crippen molar-refractivity contribution < 1.29 is 0 Å². The minimum atomic E-state index is 0.665. The van der Waals surface area contributed by atoms with Crippen LogP contribution < -0.4 is 5.32 Å². The summed E-state index contributed by atoms with van der Waals surface area (Å²) in [7, 11) is 0. The molecule has 2 fully saturated rings. The van der Waals surface area contributed by atoms with E-state index >= 15 is 0 Å². The fourth-order valence-electron chi connectivity index (χ4n) is 3.16. The summed E-state index contributed by atoms with van der Waals surface area (Å²) in [5.74, 6) is 0.892. The van der Waals surface area contributed by atoms with Crippen LogP contribution in [0, 0.1) is 9.49 Å². The van der Waals surface area contributed by atoms with Crippen molar-refractivity contribution in [2.24, 2.45) is 5.92 Å². The Kier molecular flexibility index (Phi) is 4.21. The van der Waals surface area contributed by atoms with Gasteiger partial charge in [0.2, 0.25) is 0 Å². The Hall–Kier alpha value is -0.130. The highest BCUT2D eigenvalue weighted by atomic mass is 127. The Labute approximate surface area is 123 Å². The lowest BCUT2D eigenvalue weighted by Crippen LogP contribution is -2.47. The maximum atomic E-state index is 3.46. The van der Waals surface area contributed by atoms with E-state index in [0.717, 1.165) is 19.0 Å². The Morgan fingerprint density at radius 1 is 1.11 bits per heavy atom. The molecule has 0 bridgehead atoms. The molecule has 18 heavy (non-hydrogen) atoms. The molecule has 2 aliphatic rings. The lowest BCUT2D eigenvalue weighted by atomic mass is 9.76. The van der Waals surface area contributed by atoms with Gasteiger partial charge in [-0.1, -0.05) is 18.6 Å². The van der Waals surface area contributed by atoms with Crippen molar-refractivity contribution in [3.63, 3.8) is 0 Å². The van der Waals surface area contributed by atoms with Gasteiger partial charge >= 0.3 is 0 Å². The molecule has 0 unspecified atom stereocenters. The minimum absolute atomic E-state index is 0.665. The van der Waals surface area contributed by atoms with Crippen molar-refractivity contribution in [1.82, 2.24) is 10.2 Å². The molecule has 98 valence electrons. The van der Waals surface area contributed by atoms with E-state index < -0.39 is 0 Å². The van der Waals surface area contributed by atoms with E-state index in [9.17, 15) is 0 Å². The van der Waals surface area contributed by atoms with E-state index in [4.69, 9.17) is 0 Å². The fraction of sp³-hybridized carbons (Fsp3) is 0.600. The highest BCUT2D eigenvalue weighted by molar-refractivity contribution is 14.1. The summed E-state index contributed by atoms with van der Waals surface area (Å²) in [5, 5.41) is 3.46. The summed E-state index contributed by atoms with van der Waals surface area (Å²) in [6.45, 7) is 4.70. The van der Waals surface area contributed by atoms with Crippen molar-refractivity contribution in [1.29, 1.82) is 0 Å². The smallest absolute Gasteiger partial charge is 0.0377 e. The number of hydrogen-bond donors (Lipinski definition) is 1. The van der Waals surface area contributed by atoms with E-state index in [2.05, 4.69) is 57.1 Å². The monoisotopic (exact) mass is 356 g/mol. The molecular formula is C15H21IN2. The van der Waals surface area contributed by atoms with E-state index in [0.29, 0.717) is 6.04 Å². The molecule has 1 aromatic carbocycles. The third kappa shape index (κ3) is 2.73. The maximum absolute atomic E-state index is 3.46.